The van der Waals surface area contributed by atoms with Crippen LogP contribution in [0.25, 0.3) is 0 Å². The minimum absolute atomic E-state index is 0.0197. The molecule has 0 bridgehead atoms. The van der Waals surface area contributed by atoms with Crippen molar-refractivity contribution in [1.82, 2.24) is 4.90 Å². The third kappa shape index (κ3) is 4.43. The summed E-state index contributed by atoms with van der Waals surface area (Å²) in [6, 6.07) is 8.12. The highest BCUT2D eigenvalue weighted by Crippen LogP contribution is 2.27. The first-order valence-corrected chi connectivity index (χ1v) is 8.13. The number of halogens is 1. The molecule has 0 aliphatic carbocycles. The van der Waals surface area contributed by atoms with E-state index in [1.807, 2.05) is 12.1 Å². The van der Waals surface area contributed by atoms with Gasteiger partial charge in [0.25, 0.3) is 0 Å². The molecule has 1 saturated heterocycles. The predicted octanol–water partition coefficient (Wildman–Crippen LogP) is 2.96. The molecular formula is C17H27ClN2O. The Balaban J connectivity index is 1.99. The van der Waals surface area contributed by atoms with Gasteiger partial charge in [-0.2, -0.15) is 0 Å². The second-order valence-electron chi connectivity index (χ2n) is 6.39. The monoisotopic (exact) mass is 310 g/mol. The van der Waals surface area contributed by atoms with E-state index in [1.54, 1.807) is 7.11 Å². The third-order valence-corrected chi connectivity index (χ3v) is 4.97. The Morgan fingerprint density at radius 1 is 1.29 bits per heavy atom. The fraction of sp³-hybridized carbons (Fsp3) is 0.647. The lowest BCUT2D eigenvalue weighted by Crippen LogP contribution is -2.56. The number of hydrogen-bond donors (Lipinski definition) is 1. The Morgan fingerprint density at radius 2 is 1.90 bits per heavy atom. The summed E-state index contributed by atoms with van der Waals surface area (Å²) >= 11 is 5.96. The molecule has 21 heavy (non-hydrogen) atoms. The van der Waals surface area contributed by atoms with Crippen LogP contribution < -0.4 is 5.73 Å². The van der Waals surface area contributed by atoms with Crippen LogP contribution in [-0.2, 0) is 11.2 Å². The van der Waals surface area contributed by atoms with Gasteiger partial charge < -0.3 is 10.5 Å². The second-order valence-corrected chi connectivity index (χ2v) is 6.83. The van der Waals surface area contributed by atoms with Crippen LogP contribution in [0, 0.1) is 5.92 Å². The van der Waals surface area contributed by atoms with Gasteiger partial charge in [-0.15, -0.1) is 0 Å². The quantitative estimate of drug-likeness (QED) is 0.878. The molecule has 2 N–H and O–H groups in total. The van der Waals surface area contributed by atoms with Crippen LogP contribution in [0.3, 0.4) is 0 Å². The van der Waals surface area contributed by atoms with Crippen molar-refractivity contribution in [3.8, 4) is 0 Å². The SMILES string of the molecule is COCC1CCN(C(C)(CN)Cc2ccc(Cl)cc2)CC1. The average molecular weight is 311 g/mol. The van der Waals surface area contributed by atoms with Gasteiger partial charge in [0, 0.05) is 30.8 Å². The maximum atomic E-state index is 6.12. The van der Waals surface area contributed by atoms with Gasteiger partial charge in [-0.05, 0) is 62.9 Å². The van der Waals surface area contributed by atoms with E-state index < -0.39 is 0 Å². The van der Waals surface area contributed by atoms with Crippen LogP contribution in [-0.4, -0.2) is 43.8 Å². The van der Waals surface area contributed by atoms with Crippen LogP contribution in [0.2, 0.25) is 5.02 Å². The molecule has 1 aromatic rings. The number of piperidine rings is 1. The number of nitrogens with two attached hydrogens (primary N) is 1. The molecule has 0 amide bonds. The summed E-state index contributed by atoms with van der Waals surface area (Å²) in [6.45, 7) is 6.04. The zero-order chi connectivity index (χ0) is 15.3. The van der Waals surface area contributed by atoms with Gasteiger partial charge in [-0.25, -0.2) is 0 Å². The number of hydrogen-bond acceptors (Lipinski definition) is 3. The molecule has 1 aliphatic rings. The highest BCUT2D eigenvalue weighted by atomic mass is 35.5. The van der Waals surface area contributed by atoms with Gasteiger partial charge in [-0.3, -0.25) is 4.90 Å². The summed E-state index contributed by atoms with van der Waals surface area (Å²) < 4.78 is 5.28. The van der Waals surface area contributed by atoms with Crippen molar-refractivity contribution >= 4 is 11.6 Å². The lowest BCUT2D eigenvalue weighted by atomic mass is 9.87. The third-order valence-electron chi connectivity index (χ3n) is 4.72. The largest absolute Gasteiger partial charge is 0.384 e. The number of ether oxygens (including phenoxy) is 1. The van der Waals surface area contributed by atoms with Crippen molar-refractivity contribution < 1.29 is 4.74 Å². The molecule has 0 aromatic heterocycles. The van der Waals surface area contributed by atoms with Crippen molar-refractivity contribution in [1.29, 1.82) is 0 Å². The number of benzene rings is 1. The Labute approximate surface area is 133 Å². The van der Waals surface area contributed by atoms with Crippen molar-refractivity contribution in [3.63, 3.8) is 0 Å². The van der Waals surface area contributed by atoms with Crippen LogP contribution >= 0.6 is 11.6 Å². The van der Waals surface area contributed by atoms with Gasteiger partial charge in [0.1, 0.15) is 0 Å². The van der Waals surface area contributed by atoms with Crippen molar-refractivity contribution in [2.24, 2.45) is 11.7 Å². The molecule has 1 atom stereocenters. The lowest BCUT2D eigenvalue weighted by molar-refractivity contribution is 0.0426. The number of rotatable bonds is 6. The average Bonchev–Trinajstić information content (AvgIpc) is 2.50. The van der Waals surface area contributed by atoms with Gasteiger partial charge in [0.15, 0.2) is 0 Å². The number of nitrogens with zero attached hydrogens (tertiary/aromatic N) is 1. The van der Waals surface area contributed by atoms with E-state index in [0.717, 1.165) is 31.1 Å². The Morgan fingerprint density at radius 3 is 2.43 bits per heavy atom. The van der Waals surface area contributed by atoms with E-state index in [0.29, 0.717) is 12.5 Å². The molecule has 3 nitrogen and oxygen atoms in total. The fourth-order valence-corrected chi connectivity index (χ4v) is 3.36. The van der Waals surface area contributed by atoms with Gasteiger partial charge in [0.2, 0.25) is 0 Å². The minimum atomic E-state index is 0.0197. The maximum absolute atomic E-state index is 6.12. The van der Waals surface area contributed by atoms with E-state index in [1.165, 1.54) is 18.4 Å². The van der Waals surface area contributed by atoms with Crippen molar-refractivity contribution in [2.45, 2.75) is 31.7 Å². The summed E-state index contributed by atoms with van der Waals surface area (Å²) in [7, 11) is 1.79. The molecule has 0 saturated carbocycles. The molecule has 2 rings (SSSR count). The standard InChI is InChI=1S/C17H27ClN2O/c1-17(13-19,11-14-3-5-16(18)6-4-14)20-9-7-15(8-10-20)12-21-2/h3-6,15H,7-13,19H2,1-2H3. The van der Waals surface area contributed by atoms with Crippen LogP contribution in [0.15, 0.2) is 24.3 Å². The molecule has 118 valence electrons. The molecule has 1 aromatic carbocycles. The summed E-state index contributed by atoms with van der Waals surface area (Å²) in [5, 5.41) is 0.786. The maximum Gasteiger partial charge on any atom is 0.0491 e. The molecular weight excluding hydrogens is 284 g/mol. The summed E-state index contributed by atoms with van der Waals surface area (Å²) in [5.74, 6) is 0.698. The van der Waals surface area contributed by atoms with E-state index in [-0.39, 0.29) is 5.54 Å². The highest BCUT2D eigenvalue weighted by Gasteiger charge is 2.33. The summed E-state index contributed by atoms with van der Waals surface area (Å²) in [4.78, 5) is 2.55. The highest BCUT2D eigenvalue weighted by molar-refractivity contribution is 6.30. The Hall–Kier alpha value is -0.610. The molecule has 1 unspecified atom stereocenters. The Kier molecular flexibility index (Phi) is 6.06. The molecule has 0 radical (unpaired) electrons. The molecule has 4 heteroatoms. The van der Waals surface area contributed by atoms with E-state index in [2.05, 4.69) is 24.0 Å². The van der Waals surface area contributed by atoms with Crippen LogP contribution in [0.4, 0.5) is 0 Å². The van der Waals surface area contributed by atoms with Crippen LogP contribution in [0.1, 0.15) is 25.3 Å². The topological polar surface area (TPSA) is 38.5 Å². The zero-order valence-electron chi connectivity index (χ0n) is 13.1. The van der Waals surface area contributed by atoms with E-state index in [9.17, 15) is 0 Å². The summed E-state index contributed by atoms with van der Waals surface area (Å²) in [5.41, 5.74) is 7.43. The van der Waals surface area contributed by atoms with Crippen LogP contribution in [0.5, 0.6) is 0 Å². The van der Waals surface area contributed by atoms with E-state index in [4.69, 9.17) is 22.1 Å². The molecule has 1 fully saturated rings. The number of likely N-dealkylation sites (tertiary alicyclic amines) is 1. The lowest BCUT2D eigenvalue weighted by Gasteiger charge is -2.44. The summed E-state index contributed by atoms with van der Waals surface area (Å²) in [6.07, 6.45) is 3.36. The molecule has 1 aliphatic heterocycles. The molecule has 0 spiro atoms. The fourth-order valence-electron chi connectivity index (χ4n) is 3.23. The minimum Gasteiger partial charge on any atom is -0.384 e. The number of methoxy groups -OCH3 is 1. The van der Waals surface area contributed by atoms with Crippen molar-refractivity contribution in [2.75, 3.05) is 33.4 Å². The predicted molar refractivity (Wildman–Crippen MR) is 88.8 cm³/mol. The first kappa shape index (κ1) is 16.8. The Bertz CT molecular complexity index is 429. The second kappa shape index (κ2) is 7.59. The van der Waals surface area contributed by atoms with Gasteiger partial charge in [-0.1, -0.05) is 23.7 Å². The van der Waals surface area contributed by atoms with Gasteiger partial charge in [0.05, 0.1) is 0 Å². The first-order valence-electron chi connectivity index (χ1n) is 7.76. The van der Waals surface area contributed by atoms with E-state index >= 15 is 0 Å². The first-order chi connectivity index (χ1) is 10.1. The normalized spacial score (nSPS) is 20.4. The molecule has 1 heterocycles. The van der Waals surface area contributed by atoms with Crippen molar-refractivity contribution in [3.05, 3.63) is 34.9 Å². The van der Waals surface area contributed by atoms with Gasteiger partial charge >= 0.3 is 0 Å². The smallest absolute Gasteiger partial charge is 0.0491 e. The zero-order valence-corrected chi connectivity index (χ0v) is 13.9.